The lowest BCUT2D eigenvalue weighted by Crippen LogP contribution is -2.43. The standard InChI is InChI=1S/C39H29F3N4O3S/c1-46(26-47)24-28-12-13-29(36(20-28)48-25-27-8-4-2-5-9-27)14-15-32-16-17-33(50-32)18-19-35-34(23-45)37(30(21-43)22-44)49-38(35,39(40,41)42)31-10-6-3-7-11-31/h2-20,47H,24-26H2,1H3/b15-14+,19-18+. The van der Waals surface area contributed by atoms with Crippen LogP contribution in [0.3, 0.4) is 0 Å². The Balaban J connectivity index is 1.48. The summed E-state index contributed by atoms with van der Waals surface area (Å²) in [5.74, 6) is -0.0716. The van der Waals surface area contributed by atoms with Crippen LogP contribution in [0, 0.1) is 34.0 Å². The molecule has 3 aromatic carbocycles. The average Bonchev–Trinajstić information content (AvgIpc) is 3.73. The molecule has 1 aliphatic heterocycles. The summed E-state index contributed by atoms with van der Waals surface area (Å²) in [6, 6.07) is 30.7. The number of alkyl halides is 3. The maximum Gasteiger partial charge on any atom is 0.437 e. The fraction of sp³-hybridized carbons (Fsp3) is 0.154. The highest BCUT2D eigenvalue weighted by molar-refractivity contribution is 7.13. The van der Waals surface area contributed by atoms with Crippen molar-refractivity contribution in [3.63, 3.8) is 0 Å². The number of aliphatic hydroxyl groups is 1. The van der Waals surface area contributed by atoms with Gasteiger partial charge in [0, 0.05) is 33.0 Å². The smallest absolute Gasteiger partial charge is 0.437 e. The third-order valence-corrected chi connectivity index (χ3v) is 8.79. The lowest BCUT2D eigenvalue weighted by atomic mass is 9.84. The van der Waals surface area contributed by atoms with Crippen LogP contribution in [0.25, 0.3) is 18.2 Å². The summed E-state index contributed by atoms with van der Waals surface area (Å²) >= 11 is 1.30. The maximum absolute atomic E-state index is 15.1. The molecular formula is C39H29F3N4O3S. The molecule has 0 saturated carbocycles. The zero-order valence-electron chi connectivity index (χ0n) is 26.7. The molecule has 1 N–H and O–H groups in total. The van der Waals surface area contributed by atoms with E-state index in [1.54, 1.807) is 42.3 Å². The molecule has 1 aliphatic rings. The van der Waals surface area contributed by atoms with Gasteiger partial charge in [-0.15, -0.1) is 11.3 Å². The van der Waals surface area contributed by atoms with Crippen molar-refractivity contribution in [1.29, 1.82) is 15.8 Å². The molecule has 11 heteroatoms. The van der Waals surface area contributed by atoms with Crippen LogP contribution in [0.15, 0.2) is 120 Å². The van der Waals surface area contributed by atoms with E-state index >= 15 is 13.2 Å². The van der Waals surface area contributed by atoms with Gasteiger partial charge in [0.05, 0.1) is 6.73 Å². The molecule has 0 aliphatic carbocycles. The van der Waals surface area contributed by atoms with Gasteiger partial charge < -0.3 is 14.6 Å². The SMILES string of the molecule is CN(CO)Cc1ccc(/C=C/c2ccc(/C=C/C3=C(C#N)C(=C(C#N)C#N)OC3(c3ccccc3)C(F)(F)F)s2)c(OCc2ccccc2)c1. The van der Waals surface area contributed by atoms with Gasteiger partial charge in [-0.05, 0) is 54.6 Å². The molecular weight excluding hydrogens is 662 g/mol. The largest absolute Gasteiger partial charge is 0.488 e. The molecule has 7 nitrogen and oxygen atoms in total. The van der Waals surface area contributed by atoms with E-state index in [4.69, 9.17) is 9.47 Å². The fourth-order valence-corrected chi connectivity index (χ4v) is 6.17. The monoisotopic (exact) mass is 690 g/mol. The van der Waals surface area contributed by atoms with E-state index in [2.05, 4.69) is 0 Å². The first-order valence-electron chi connectivity index (χ1n) is 15.2. The first-order chi connectivity index (χ1) is 24.1. The van der Waals surface area contributed by atoms with Crippen LogP contribution in [0.4, 0.5) is 13.2 Å². The Labute approximate surface area is 291 Å². The quantitative estimate of drug-likeness (QED) is 0.124. The zero-order valence-corrected chi connectivity index (χ0v) is 27.5. The third kappa shape index (κ3) is 7.54. The second-order valence-corrected chi connectivity index (χ2v) is 12.3. The molecule has 1 atom stereocenters. The number of hydrogen-bond acceptors (Lipinski definition) is 8. The number of halogens is 3. The van der Waals surface area contributed by atoms with Gasteiger partial charge in [-0.2, -0.15) is 29.0 Å². The number of aliphatic hydroxyl groups excluding tert-OH is 1. The van der Waals surface area contributed by atoms with Crippen LogP contribution in [-0.4, -0.2) is 30.0 Å². The van der Waals surface area contributed by atoms with Crippen LogP contribution < -0.4 is 4.74 Å². The van der Waals surface area contributed by atoms with Crippen LogP contribution in [-0.2, 0) is 23.5 Å². The highest BCUT2D eigenvalue weighted by atomic mass is 32.1. The number of thiophene rings is 1. The molecule has 0 spiro atoms. The Kier molecular flexibility index (Phi) is 11.0. The Bertz CT molecular complexity index is 2080. The van der Waals surface area contributed by atoms with Gasteiger partial charge in [0.2, 0.25) is 0 Å². The van der Waals surface area contributed by atoms with E-state index in [1.165, 1.54) is 41.7 Å². The molecule has 0 fully saturated rings. The first-order valence-corrected chi connectivity index (χ1v) is 16.0. The van der Waals surface area contributed by atoms with E-state index < -0.39 is 34.3 Å². The van der Waals surface area contributed by atoms with Crippen LogP contribution >= 0.6 is 11.3 Å². The molecule has 4 aromatic rings. The first kappa shape index (κ1) is 35.4. The number of allylic oxidation sites excluding steroid dienone is 2. The van der Waals surface area contributed by atoms with E-state index in [1.807, 2.05) is 66.7 Å². The highest BCUT2D eigenvalue weighted by Gasteiger charge is 2.65. The Morgan fingerprint density at radius 2 is 1.52 bits per heavy atom. The predicted octanol–water partition coefficient (Wildman–Crippen LogP) is 8.50. The van der Waals surface area contributed by atoms with Crippen molar-refractivity contribution < 1.29 is 27.8 Å². The number of nitrogens with zero attached hydrogens (tertiary/aromatic N) is 4. The van der Waals surface area contributed by atoms with Crippen molar-refractivity contribution in [2.24, 2.45) is 0 Å². The molecule has 50 heavy (non-hydrogen) atoms. The molecule has 0 amide bonds. The minimum atomic E-state index is -5.07. The Morgan fingerprint density at radius 3 is 2.12 bits per heavy atom. The highest BCUT2D eigenvalue weighted by Crippen LogP contribution is 2.56. The molecule has 0 radical (unpaired) electrons. The van der Waals surface area contributed by atoms with Crippen molar-refractivity contribution in [2.75, 3.05) is 13.8 Å². The van der Waals surface area contributed by atoms with Gasteiger partial charge in [-0.3, -0.25) is 4.90 Å². The predicted molar refractivity (Wildman–Crippen MR) is 184 cm³/mol. The molecule has 5 rings (SSSR count). The summed E-state index contributed by atoms with van der Waals surface area (Å²) in [6.45, 7) is 0.771. The normalized spacial score (nSPS) is 16.0. The molecule has 0 saturated heterocycles. The second-order valence-electron chi connectivity index (χ2n) is 11.2. The summed E-state index contributed by atoms with van der Waals surface area (Å²) in [7, 11) is 1.80. The third-order valence-electron chi connectivity index (χ3n) is 7.77. The minimum Gasteiger partial charge on any atom is -0.488 e. The maximum atomic E-state index is 15.1. The van der Waals surface area contributed by atoms with Crippen molar-refractivity contribution in [2.45, 2.75) is 24.9 Å². The molecule has 1 aromatic heterocycles. The number of hydrogen-bond donors (Lipinski definition) is 1. The number of benzene rings is 3. The van der Waals surface area contributed by atoms with Crippen molar-refractivity contribution in [3.05, 3.63) is 152 Å². The summed E-state index contributed by atoms with van der Waals surface area (Å²) in [4.78, 5) is 3.13. The second kappa shape index (κ2) is 15.5. The zero-order chi connectivity index (χ0) is 35.7. The molecule has 250 valence electrons. The van der Waals surface area contributed by atoms with Gasteiger partial charge in [0.15, 0.2) is 11.3 Å². The lowest BCUT2D eigenvalue weighted by molar-refractivity contribution is -0.249. The van der Waals surface area contributed by atoms with E-state index in [0.29, 0.717) is 23.8 Å². The van der Waals surface area contributed by atoms with E-state index in [0.717, 1.165) is 27.6 Å². The topological polar surface area (TPSA) is 113 Å². The van der Waals surface area contributed by atoms with Gasteiger partial charge in [-0.25, -0.2) is 0 Å². The summed E-state index contributed by atoms with van der Waals surface area (Å²) in [6.07, 6.45) is 1.29. The van der Waals surface area contributed by atoms with Gasteiger partial charge in [0.1, 0.15) is 36.1 Å². The molecule has 2 heterocycles. The van der Waals surface area contributed by atoms with Crippen LogP contribution in [0.5, 0.6) is 5.75 Å². The Hall–Kier alpha value is -5.90. The van der Waals surface area contributed by atoms with E-state index in [9.17, 15) is 20.9 Å². The van der Waals surface area contributed by atoms with Crippen LogP contribution in [0.2, 0.25) is 0 Å². The lowest BCUT2D eigenvalue weighted by Gasteiger charge is -2.33. The van der Waals surface area contributed by atoms with Crippen molar-refractivity contribution in [3.8, 4) is 24.0 Å². The average molecular weight is 691 g/mol. The van der Waals surface area contributed by atoms with Gasteiger partial charge in [0.25, 0.3) is 5.60 Å². The van der Waals surface area contributed by atoms with Crippen molar-refractivity contribution in [1.82, 2.24) is 4.90 Å². The fourth-order valence-electron chi connectivity index (χ4n) is 5.35. The van der Waals surface area contributed by atoms with Gasteiger partial charge in [-0.1, -0.05) is 78.9 Å². The Morgan fingerprint density at radius 1 is 0.880 bits per heavy atom. The number of rotatable bonds is 11. The van der Waals surface area contributed by atoms with Crippen molar-refractivity contribution >= 4 is 29.6 Å². The summed E-state index contributed by atoms with van der Waals surface area (Å²) < 4.78 is 56.9. The minimum absolute atomic E-state index is 0.0960. The molecule has 1 unspecified atom stereocenters. The number of nitriles is 3. The van der Waals surface area contributed by atoms with E-state index in [-0.39, 0.29) is 12.3 Å². The van der Waals surface area contributed by atoms with Crippen LogP contribution in [0.1, 0.15) is 32.0 Å². The summed E-state index contributed by atoms with van der Waals surface area (Å²) in [5.41, 5.74) is -2.50. The number of ether oxygens (including phenoxy) is 2. The van der Waals surface area contributed by atoms with Gasteiger partial charge >= 0.3 is 6.18 Å². The molecule has 0 bridgehead atoms. The summed E-state index contributed by atoms with van der Waals surface area (Å²) in [5, 5.41) is 38.4.